The number of benzene rings is 2. The standard InChI is InChI=1S/C19H17NO5/c1-22-16-9-8-13(11-21)10-17(16)24-12-15-19(23-2)25-18(20-15)14-6-4-3-5-7-14/h3-11H,12H2,1-2H3. The summed E-state index contributed by atoms with van der Waals surface area (Å²) in [6.45, 7) is 0.109. The van der Waals surface area contributed by atoms with Crippen LogP contribution in [0.5, 0.6) is 17.4 Å². The maximum Gasteiger partial charge on any atom is 0.312 e. The van der Waals surface area contributed by atoms with Crippen LogP contribution in [0.1, 0.15) is 16.1 Å². The van der Waals surface area contributed by atoms with Crippen molar-refractivity contribution in [2.75, 3.05) is 14.2 Å². The molecular weight excluding hydrogens is 322 g/mol. The van der Waals surface area contributed by atoms with Crippen molar-refractivity contribution in [3.05, 3.63) is 59.8 Å². The van der Waals surface area contributed by atoms with Crippen LogP contribution in [0.4, 0.5) is 0 Å². The molecule has 0 bridgehead atoms. The predicted octanol–water partition coefficient (Wildman–Crippen LogP) is 3.75. The van der Waals surface area contributed by atoms with Crippen LogP contribution in [0, 0.1) is 0 Å². The first-order valence-corrected chi connectivity index (χ1v) is 7.60. The third-order valence-electron chi connectivity index (χ3n) is 3.56. The second kappa shape index (κ2) is 7.53. The Labute approximate surface area is 145 Å². The topological polar surface area (TPSA) is 70.8 Å². The van der Waals surface area contributed by atoms with Gasteiger partial charge in [-0.1, -0.05) is 18.2 Å². The SMILES string of the molecule is COc1ccc(C=O)cc1OCc1nc(-c2ccccc2)oc1OC. The lowest BCUT2D eigenvalue weighted by molar-refractivity contribution is 0.112. The summed E-state index contributed by atoms with van der Waals surface area (Å²) >= 11 is 0. The van der Waals surface area contributed by atoms with Crippen LogP contribution in [0.2, 0.25) is 0 Å². The highest BCUT2D eigenvalue weighted by Crippen LogP contribution is 2.31. The van der Waals surface area contributed by atoms with E-state index in [0.29, 0.717) is 28.6 Å². The molecule has 2 aromatic carbocycles. The van der Waals surface area contributed by atoms with Gasteiger partial charge >= 0.3 is 5.95 Å². The highest BCUT2D eigenvalue weighted by molar-refractivity contribution is 5.76. The monoisotopic (exact) mass is 339 g/mol. The van der Waals surface area contributed by atoms with Crippen molar-refractivity contribution in [1.82, 2.24) is 4.98 Å². The summed E-state index contributed by atoms with van der Waals surface area (Å²) in [7, 11) is 3.04. The summed E-state index contributed by atoms with van der Waals surface area (Å²) in [5.41, 5.74) is 1.85. The minimum atomic E-state index is 0.109. The molecule has 1 heterocycles. The van der Waals surface area contributed by atoms with Crippen molar-refractivity contribution < 1.29 is 23.4 Å². The molecule has 128 valence electrons. The molecule has 0 spiro atoms. The van der Waals surface area contributed by atoms with E-state index in [4.69, 9.17) is 18.6 Å². The van der Waals surface area contributed by atoms with Gasteiger partial charge in [-0.2, -0.15) is 0 Å². The number of rotatable bonds is 7. The Balaban J connectivity index is 1.84. The molecule has 1 aromatic heterocycles. The fraction of sp³-hybridized carbons (Fsp3) is 0.158. The van der Waals surface area contributed by atoms with E-state index < -0.39 is 0 Å². The summed E-state index contributed by atoms with van der Waals surface area (Å²) < 4.78 is 21.9. The highest BCUT2D eigenvalue weighted by atomic mass is 16.6. The molecule has 0 saturated carbocycles. The van der Waals surface area contributed by atoms with Crippen LogP contribution in [-0.2, 0) is 6.61 Å². The van der Waals surface area contributed by atoms with E-state index in [-0.39, 0.29) is 12.6 Å². The first-order chi connectivity index (χ1) is 12.2. The van der Waals surface area contributed by atoms with Crippen molar-refractivity contribution in [2.24, 2.45) is 0 Å². The largest absolute Gasteiger partial charge is 0.493 e. The van der Waals surface area contributed by atoms with Gasteiger partial charge in [0.15, 0.2) is 17.2 Å². The number of hydrogen-bond acceptors (Lipinski definition) is 6. The molecule has 25 heavy (non-hydrogen) atoms. The molecule has 0 fully saturated rings. The van der Waals surface area contributed by atoms with E-state index in [0.717, 1.165) is 11.8 Å². The summed E-state index contributed by atoms with van der Waals surface area (Å²) in [6, 6.07) is 14.4. The molecule has 0 saturated heterocycles. The number of aldehydes is 1. The number of oxazole rings is 1. The Morgan fingerprint density at radius 1 is 1.04 bits per heavy atom. The van der Waals surface area contributed by atoms with E-state index in [9.17, 15) is 4.79 Å². The van der Waals surface area contributed by atoms with Crippen LogP contribution in [0.25, 0.3) is 11.5 Å². The third-order valence-corrected chi connectivity index (χ3v) is 3.56. The fourth-order valence-electron chi connectivity index (χ4n) is 2.32. The van der Waals surface area contributed by atoms with Gasteiger partial charge in [-0.15, -0.1) is 0 Å². The number of nitrogens with zero attached hydrogens (tertiary/aromatic N) is 1. The number of hydrogen-bond donors (Lipinski definition) is 0. The van der Waals surface area contributed by atoms with E-state index in [1.807, 2.05) is 30.3 Å². The van der Waals surface area contributed by atoms with Crippen molar-refractivity contribution in [2.45, 2.75) is 6.61 Å². The van der Waals surface area contributed by atoms with Gasteiger partial charge in [0.1, 0.15) is 12.9 Å². The van der Waals surface area contributed by atoms with E-state index in [1.165, 1.54) is 14.2 Å². The molecule has 3 aromatic rings. The smallest absolute Gasteiger partial charge is 0.312 e. The Bertz CT molecular complexity index is 858. The number of aromatic nitrogens is 1. The van der Waals surface area contributed by atoms with Gasteiger partial charge in [-0.3, -0.25) is 4.79 Å². The van der Waals surface area contributed by atoms with Crippen LogP contribution >= 0.6 is 0 Å². The Morgan fingerprint density at radius 2 is 1.84 bits per heavy atom. The summed E-state index contributed by atoms with van der Waals surface area (Å²) in [6.07, 6.45) is 0.747. The number of carbonyl (C=O) groups is 1. The van der Waals surface area contributed by atoms with Gasteiger partial charge in [0.2, 0.25) is 5.89 Å². The second-order valence-corrected chi connectivity index (χ2v) is 5.14. The Hall–Kier alpha value is -3.28. The molecule has 0 aliphatic carbocycles. The lowest BCUT2D eigenvalue weighted by Gasteiger charge is -2.10. The molecule has 0 aliphatic heterocycles. The summed E-state index contributed by atoms with van der Waals surface area (Å²) in [5, 5.41) is 0. The normalized spacial score (nSPS) is 10.3. The van der Waals surface area contributed by atoms with Gasteiger partial charge in [0.05, 0.1) is 14.2 Å². The molecule has 0 atom stereocenters. The zero-order valence-corrected chi connectivity index (χ0v) is 13.9. The molecular formula is C19H17NO5. The molecule has 0 amide bonds. The van der Waals surface area contributed by atoms with Gasteiger partial charge in [-0.25, -0.2) is 4.98 Å². The molecule has 0 N–H and O–H groups in total. The molecule has 3 rings (SSSR count). The first-order valence-electron chi connectivity index (χ1n) is 7.60. The minimum Gasteiger partial charge on any atom is -0.493 e. The van der Waals surface area contributed by atoms with E-state index in [1.54, 1.807) is 18.2 Å². The van der Waals surface area contributed by atoms with Gasteiger partial charge in [0.25, 0.3) is 0 Å². The molecule has 0 radical (unpaired) electrons. The number of carbonyl (C=O) groups excluding carboxylic acids is 1. The fourth-order valence-corrected chi connectivity index (χ4v) is 2.32. The first kappa shape index (κ1) is 16.6. The van der Waals surface area contributed by atoms with Gasteiger partial charge < -0.3 is 18.6 Å². The molecule has 0 unspecified atom stereocenters. The maximum absolute atomic E-state index is 10.9. The average Bonchev–Trinajstić information content (AvgIpc) is 3.10. The second-order valence-electron chi connectivity index (χ2n) is 5.14. The van der Waals surface area contributed by atoms with Gasteiger partial charge in [0, 0.05) is 11.1 Å². The quantitative estimate of drug-likeness (QED) is 0.611. The van der Waals surface area contributed by atoms with Crippen molar-refractivity contribution in [1.29, 1.82) is 0 Å². The minimum absolute atomic E-state index is 0.109. The molecule has 0 aliphatic rings. The average molecular weight is 339 g/mol. The zero-order valence-electron chi connectivity index (χ0n) is 13.9. The van der Waals surface area contributed by atoms with Crippen LogP contribution in [0.3, 0.4) is 0 Å². The third kappa shape index (κ3) is 3.63. The molecule has 6 heteroatoms. The Kier molecular flexibility index (Phi) is 4.99. The maximum atomic E-state index is 10.9. The summed E-state index contributed by atoms with van der Waals surface area (Å²) in [5.74, 6) is 1.70. The van der Waals surface area contributed by atoms with E-state index in [2.05, 4.69) is 4.98 Å². The summed E-state index contributed by atoms with van der Waals surface area (Å²) in [4.78, 5) is 15.4. The molecule has 6 nitrogen and oxygen atoms in total. The lowest BCUT2D eigenvalue weighted by atomic mass is 10.2. The van der Waals surface area contributed by atoms with Crippen molar-refractivity contribution >= 4 is 6.29 Å². The van der Waals surface area contributed by atoms with Crippen LogP contribution in [-0.4, -0.2) is 25.5 Å². The van der Waals surface area contributed by atoms with Crippen LogP contribution < -0.4 is 14.2 Å². The Morgan fingerprint density at radius 3 is 2.52 bits per heavy atom. The number of ether oxygens (including phenoxy) is 3. The van der Waals surface area contributed by atoms with E-state index >= 15 is 0 Å². The lowest BCUT2D eigenvalue weighted by Crippen LogP contribution is -2.00. The van der Waals surface area contributed by atoms with Crippen LogP contribution in [0.15, 0.2) is 52.9 Å². The van der Waals surface area contributed by atoms with Crippen molar-refractivity contribution in [3.8, 4) is 28.9 Å². The van der Waals surface area contributed by atoms with Crippen molar-refractivity contribution in [3.63, 3.8) is 0 Å². The highest BCUT2D eigenvalue weighted by Gasteiger charge is 2.17. The van der Waals surface area contributed by atoms with Gasteiger partial charge in [-0.05, 0) is 30.3 Å². The predicted molar refractivity (Wildman–Crippen MR) is 91.2 cm³/mol. The zero-order chi connectivity index (χ0) is 17.6. The number of methoxy groups -OCH3 is 2.